The Morgan fingerprint density at radius 2 is 2.12 bits per heavy atom. The fourth-order valence-electron chi connectivity index (χ4n) is 1.30. The van der Waals surface area contributed by atoms with Gasteiger partial charge < -0.3 is 16.2 Å². The van der Waals surface area contributed by atoms with E-state index in [9.17, 15) is 4.79 Å². The van der Waals surface area contributed by atoms with Gasteiger partial charge in [0.15, 0.2) is 0 Å². The molecule has 0 bridgehead atoms. The van der Waals surface area contributed by atoms with E-state index in [1.54, 1.807) is 18.2 Å². The third kappa shape index (κ3) is 2.89. The van der Waals surface area contributed by atoms with Crippen LogP contribution in [0.2, 0.25) is 0 Å². The highest BCUT2D eigenvalue weighted by Gasteiger charge is 2.16. The van der Waals surface area contributed by atoms with E-state index in [1.165, 1.54) is 0 Å². The van der Waals surface area contributed by atoms with Gasteiger partial charge in [-0.2, -0.15) is 0 Å². The van der Waals surface area contributed by atoms with Crippen molar-refractivity contribution in [3.63, 3.8) is 0 Å². The fraction of sp³-hybridized carbons (Fsp3) is 0.417. The number of benzene rings is 1. The number of nitrogens with two attached hydrogens (primary N) is 1. The Morgan fingerprint density at radius 1 is 1.50 bits per heavy atom. The maximum atomic E-state index is 10.9. The van der Waals surface area contributed by atoms with Crippen LogP contribution in [-0.2, 0) is 0 Å². The molecule has 0 saturated carbocycles. The summed E-state index contributed by atoms with van der Waals surface area (Å²) < 4.78 is 0. The summed E-state index contributed by atoms with van der Waals surface area (Å²) in [6.07, 6.45) is 0.944. The molecule has 0 aliphatic heterocycles. The van der Waals surface area contributed by atoms with Gasteiger partial charge in [0.1, 0.15) is 0 Å². The monoisotopic (exact) mass is 222 g/mol. The van der Waals surface area contributed by atoms with Gasteiger partial charge in [-0.3, -0.25) is 0 Å². The van der Waals surface area contributed by atoms with Crippen molar-refractivity contribution in [1.82, 2.24) is 0 Å². The van der Waals surface area contributed by atoms with Crippen molar-refractivity contribution in [1.29, 1.82) is 0 Å². The first-order chi connectivity index (χ1) is 7.35. The summed E-state index contributed by atoms with van der Waals surface area (Å²) in [4.78, 5) is 10.9. The van der Waals surface area contributed by atoms with Crippen molar-refractivity contribution in [2.24, 2.45) is 0 Å². The van der Waals surface area contributed by atoms with Crippen molar-refractivity contribution in [3.8, 4) is 0 Å². The number of hydrogen-bond donors (Lipinski definition) is 3. The van der Waals surface area contributed by atoms with Crippen molar-refractivity contribution in [2.45, 2.75) is 32.7 Å². The molecule has 0 unspecified atom stereocenters. The van der Waals surface area contributed by atoms with Crippen LogP contribution in [0.4, 0.5) is 11.4 Å². The average molecular weight is 222 g/mol. The molecule has 0 radical (unpaired) electrons. The van der Waals surface area contributed by atoms with E-state index < -0.39 is 5.97 Å². The Balaban J connectivity index is 3.00. The van der Waals surface area contributed by atoms with Crippen molar-refractivity contribution in [3.05, 3.63) is 23.8 Å². The van der Waals surface area contributed by atoms with Crippen LogP contribution in [0.15, 0.2) is 18.2 Å². The minimum Gasteiger partial charge on any atom is -0.478 e. The number of anilines is 2. The fourth-order valence-corrected chi connectivity index (χ4v) is 1.30. The van der Waals surface area contributed by atoms with Gasteiger partial charge >= 0.3 is 5.97 Å². The predicted molar refractivity (Wildman–Crippen MR) is 65.8 cm³/mol. The van der Waals surface area contributed by atoms with Crippen LogP contribution in [-0.4, -0.2) is 16.6 Å². The largest absolute Gasteiger partial charge is 0.478 e. The molecule has 0 heterocycles. The normalized spacial score (nSPS) is 11.2. The number of nitrogen functional groups attached to an aromatic ring is 1. The molecule has 0 aromatic heterocycles. The predicted octanol–water partition coefficient (Wildman–Crippen LogP) is 2.57. The number of carboxylic acids is 1. The molecule has 0 spiro atoms. The third-order valence-corrected chi connectivity index (χ3v) is 2.65. The van der Waals surface area contributed by atoms with Crippen LogP contribution in [0.25, 0.3) is 0 Å². The second-order valence-electron chi connectivity index (χ2n) is 4.47. The summed E-state index contributed by atoms with van der Waals surface area (Å²) in [5.74, 6) is -1.00. The quantitative estimate of drug-likeness (QED) is 0.684. The second-order valence-corrected chi connectivity index (χ2v) is 4.47. The summed E-state index contributed by atoms with van der Waals surface area (Å²) in [7, 11) is 0. The van der Waals surface area contributed by atoms with Gasteiger partial charge in [-0.15, -0.1) is 0 Å². The standard InChI is InChI=1S/C12H18N2O2/c1-4-12(2,3)14-8-5-6-10(13)9(7-8)11(15)16/h5-7,14H,4,13H2,1-3H3,(H,15,16). The highest BCUT2D eigenvalue weighted by Crippen LogP contribution is 2.22. The van der Waals surface area contributed by atoms with E-state index in [4.69, 9.17) is 10.8 Å². The molecule has 4 nitrogen and oxygen atoms in total. The Kier molecular flexibility index (Phi) is 3.42. The van der Waals surface area contributed by atoms with E-state index in [1.807, 2.05) is 0 Å². The zero-order valence-electron chi connectivity index (χ0n) is 9.87. The summed E-state index contributed by atoms with van der Waals surface area (Å²) in [5, 5.41) is 12.2. The highest BCUT2D eigenvalue weighted by molar-refractivity contribution is 5.94. The molecule has 0 aliphatic rings. The molecule has 1 rings (SSSR count). The number of hydrogen-bond acceptors (Lipinski definition) is 3. The lowest BCUT2D eigenvalue weighted by Crippen LogP contribution is -2.29. The molecule has 0 fully saturated rings. The van der Waals surface area contributed by atoms with Crippen LogP contribution >= 0.6 is 0 Å². The van der Waals surface area contributed by atoms with Crippen LogP contribution < -0.4 is 11.1 Å². The van der Waals surface area contributed by atoms with Gasteiger partial charge in [-0.1, -0.05) is 6.92 Å². The van der Waals surface area contributed by atoms with Crippen LogP contribution in [0, 0.1) is 0 Å². The minimum atomic E-state index is -1.00. The van der Waals surface area contributed by atoms with E-state index in [0.29, 0.717) is 0 Å². The van der Waals surface area contributed by atoms with E-state index >= 15 is 0 Å². The van der Waals surface area contributed by atoms with Crippen molar-refractivity contribution in [2.75, 3.05) is 11.1 Å². The molecule has 0 amide bonds. The van der Waals surface area contributed by atoms with Crippen LogP contribution in [0.3, 0.4) is 0 Å². The molecule has 16 heavy (non-hydrogen) atoms. The maximum absolute atomic E-state index is 10.9. The SMILES string of the molecule is CCC(C)(C)Nc1ccc(N)c(C(=O)O)c1. The Morgan fingerprint density at radius 3 is 2.62 bits per heavy atom. The van der Waals surface area contributed by atoms with Crippen LogP contribution in [0.5, 0.6) is 0 Å². The Hall–Kier alpha value is -1.71. The molecule has 0 saturated heterocycles. The minimum absolute atomic E-state index is 0.0636. The molecule has 0 atom stereocenters. The summed E-state index contributed by atoms with van der Waals surface area (Å²) >= 11 is 0. The topological polar surface area (TPSA) is 75.3 Å². The lowest BCUT2D eigenvalue weighted by atomic mass is 10.0. The number of aromatic carboxylic acids is 1. The number of nitrogens with one attached hydrogen (secondary N) is 1. The molecule has 0 aliphatic carbocycles. The van der Waals surface area contributed by atoms with Gasteiger partial charge in [0.2, 0.25) is 0 Å². The van der Waals surface area contributed by atoms with Gasteiger partial charge in [0.25, 0.3) is 0 Å². The van der Waals surface area contributed by atoms with Crippen molar-refractivity contribution < 1.29 is 9.90 Å². The molecule has 4 heteroatoms. The van der Waals surface area contributed by atoms with Gasteiger partial charge in [-0.05, 0) is 38.5 Å². The zero-order valence-corrected chi connectivity index (χ0v) is 9.87. The van der Waals surface area contributed by atoms with Gasteiger partial charge in [0.05, 0.1) is 5.56 Å². The average Bonchev–Trinajstić information content (AvgIpc) is 2.20. The third-order valence-electron chi connectivity index (χ3n) is 2.65. The van der Waals surface area contributed by atoms with Gasteiger partial charge in [0, 0.05) is 16.9 Å². The Bertz CT molecular complexity index is 400. The molecule has 1 aromatic carbocycles. The van der Waals surface area contributed by atoms with Crippen LogP contribution in [0.1, 0.15) is 37.6 Å². The maximum Gasteiger partial charge on any atom is 0.337 e. The summed E-state index contributed by atoms with van der Waals surface area (Å²) in [6, 6.07) is 4.96. The first-order valence-electron chi connectivity index (χ1n) is 5.27. The molecular weight excluding hydrogens is 204 g/mol. The second kappa shape index (κ2) is 4.43. The van der Waals surface area contributed by atoms with E-state index in [2.05, 4.69) is 26.1 Å². The zero-order chi connectivity index (χ0) is 12.3. The molecule has 1 aromatic rings. The smallest absolute Gasteiger partial charge is 0.337 e. The molecule has 88 valence electrons. The lowest BCUT2D eigenvalue weighted by Gasteiger charge is -2.26. The lowest BCUT2D eigenvalue weighted by molar-refractivity contribution is 0.0698. The van der Waals surface area contributed by atoms with Gasteiger partial charge in [-0.25, -0.2) is 4.79 Å². The highest BCUT2D eigenvalue weighted by atomic mass is 16.4. The van der Waals surface area contributed by atoms with E-state index in [0.717, 1.165) is 12.1 Å². The van der Waals surface area contributed by atoms with Crippen molar-refractivity contribution >= 4 is 17.3 Å². The molecular formula is C12H18N2O2. The summed E-state index contributed by atoms with van der Waals surface area (Å²) in [5.41, 5.74) is 6.71. The first kappa shape index (κ1) is 12.4. The number of carboxylic acid groups (broad SMARTS) is 1. The molecule has 4 N–H and O–H groups in total. The number of carbonyl (C=O) groups is 1. The number of rotatable bonds is 4. The van der Waals surface area contributed by atoms with E-state index in [-0.39, 0.29) is 16.8 Å². The summed E-state index contributed by atoms with van der Waals surface area (Å²) in [6.45, 7) is 6.19. The Labute approximate surface area is 95.5 Å². The first-order valence-corrected chi connectivity index (χ1v) is 5.27.